The van der Waals surface area contributed by atoms with Crippen LogP contribution in [0.1, 0.15) is 47.9 Å². The number of nitrogens with zero attached hydrogens (tertiary/aromatic N) is 2. The van der Waals surface area contributed by atoms with Crippen LogP contribution in [0, 0.1) is 6.92 Å². The summed E-state index contributed by atoms with van der Waals surface area (Å²) >= 11 is 1.66. The number of aromatic nitrogens is 1. The van der Waals surface area contributed by atoms with Gasteiger partial charge in [-0.05, 0) is 38.2 Å². The molecule has 0 aliphatic carbocycles. The number of piperidine rings is 1. The van der Waals surface area contributed by atoms with Gasteiger partial charge >= 0.3 is 0 Å². The summed E-state index contributed by atoms with van der Waals surface area (Å²) < 4.78 is 0. The molecule has 0 radical (unpaired) electrons. The zero-order chi connectivity index (χ0) is 15.4. The molecular weight excluding hydrogens is 292 g/mol. The van der Waals surface area contributed by atoms with Gasteiger partial charge in [-0.25, -0.2) is 4.98 Å². The molecule has 1 fully saturated rings. The van der Waals surface area contributed by atoms with Crippen molar-refractivity contribution in [1.29, 1.82) is 0 Å². The molecule has 1 amide bonds. The van der Waals surface area contributed by atoms with E-state index in [9.17, 15) is 4.79 Å². The number of amides is 1. The summed E-state index contributed by atoms with van der Waals surface area (Å²) in [7, 11) is 0. The van der Waals surface area contributed by atoms with Crippen molar-refractivity contribution in [1.82, 2.24) is 9.88 Å². The number of aryl methyl sites for hydroxylation is 2. The number of hydrogen-bond donors (Lipinski definition) is 0. The second-order valence-corrected chi connectivity index (χ2v) is 6.88. The van der Waals surface area contributed by atoms with Crippen LogP contribution in [0.2, 0.25) is 0 Å². The minimum atomic E-state index is 0.193. The zero-order valence-corrected chi connectivity index (χ0v) is 13.8. The van der Waals surface area contributed by atoms with Crippen LogP contribution < -0.4 is 0 Å². The molecule has 0 spiro atoms. The second kappa shape index (κ2) is 7.05. The Balaban J connectivity index is 1.65. The highest BCUT2D eigenvalue weighted by atomic mass is 32.1. The molecular formula is C18H22N2OS. The molecule has 4 heteroatoms. The van der Waals surface area contributed by atoms with Gasteiger partial charge in [0.25, 0.3) is 0 Å². The van der Waals surface area contributed by atoms with Gasteiger partial charge in [0.1, 0.15) is 5.01 Å². The van der Waals surface area contributed by atoms with E-state index in [2.05, 4.69) is 41.1 Å². The summed E-state index contributed by atoms with van der Waals surface area (Å²) in [5, 5.41) is 3.09. The molecule has 1 aliphatic heterocycles. The van der Waals surface area contributed by atoms with E-state index in [-0.39, 0.29) is 11.9 Å². The van der Waals surface area contributed by atoms with Gasteiger partial charge in [-0.1, -0.05) is 29.8 Å². The fourth-order valence-electron chi connectivity index (χ4n) is 3.15. The van der Waals surface area contributed by atoms with Crippen LogP contribution in [0.3, 0.4) is 0 Å². The maximum atomic E-state index is 12.7. The molecule has 1 atom stereocenters. The lowest BCUT2D eigenvalue weighted by molar-refractivity contribution is -0.135. The molecule has 3 rings (SSSR count). The summed E-state index contributed by atoms with van der Waals surface area (Å²) in [6.45, 7) is 2.96. The molecule has 0 N–H and O–H groups in total. The third kappa shape index (κ3) is 3.55. The number of carbonyl (C=O) groups is 1. The third-order valence-electron chi connectivity index (χ3n) is 4.27. The molecule has 2 aromatic rings. The van der Waals surface area contributed by atoms with E-state index < -0.39 is 0 Å². The van der Waals surface area contributed by atoms with Crippen molar-refractivity contribution in [3.8, 4) is 0 Å². The predicted molar refractivity (Wildman–Crippen MR) is 89.9 cm³/mol. The lowest BCUT2D eigenvalue weighted by Crippen LogP contribution is -2.38. The van der Waals surface area contributed by atoms with E-state index in [4.69, 9.17) is 0 Å². The van der Waals surface area contributed by atoms with Crippen molar-refractivity contribution in [2.75, 3.05) is 6.54 Å². The normalized spacial score (nSPS) is 18.4. The average molecular weight is 314 g/mol. The maximum absolute atomic E-state index is 12.7. The van der Waals surface area contributed by atoms with Crippen LogP contribution in [0.4, 0.5) is 0 Å². The maximum Gasteiger partial charge on any atom is 0.223 e. The zero-order valence-electron chi connectivity index (χ0n) is 13.0. The van der Waals surface area contributed by atoms with E-state index >= 15 is 0 Å². The van der Waals surface area contributed by atoms with E-state index in [1.807, 2.05) is 11.6 Å². The SMILES string of the molecule is Cc1cccc(CCC(=O)N2CCCC[C@H]2c2nccs2)c1. The summed E-state index contributed by atoms with van der Waals surface area (Å²) in [5.41, 5.74) is 2.50. The van der Waals surface area contributed by atoms with Gasteiger partial charge in [-0.15, -0.1) is 11.3 Å². The quantitative estimate of drug-likeness (QED) is 0.850. The van der Waals surface area contributed by atoms with Crippen molar-refractivity contribution in [2.45, 2.75) is 45.1 Å². The Labute approximate surface area is 136 Å². The highest BCUT2D eigenvalue weighted by Gasteiger charge is 2.29. The monoisotopic (exact) mass is 314 g/mol. The van der Waals surface area contributed by atoms with E-state index in [0.717, 1.165) is 30.8 Å². The number of carbonyl (C=O) groups excluding carboxylic acids is 1. The fourth-order valence-corrected chi connectivity index (χ4v) is 3.93. The van der Waals surface area contributed by atoms with Crippen LogP contribution in [-0.4, -0.2) is 22.3 Å². The van der Waals surface area contributed by atoms with E-state index in [1.54, 1.807) is 11.3 Å². The molecule has 3 nitrogen and oxygen atoms in total. The average Bonchev–Trinajstić information content (AvgIpc) is 3.07. The molecule has 1 saturated heterocycles. The molecule has 0 saturated carbocycles. The molecule has 2 heterocycles. The number of hydrogen-bond acceptors (Lipinski definition) is 3. The summed E-state index contributed by atoms with van der Waals surface area (Å²) in [4.78, 5) is 19.1. The predicted octanol–water partition coefficient (Wildman–Crippen LogP) is 4.14. The van der Waals surface area contributed by atoms with E-state index in [0.29, 0.717) is 6.42 Å². The van der Waals surface area contributed by atoms with Crippen molar-refractivity contribution in [2.24, 2.45) is 0 Å². The number of benzene rings is 1. The topological polar surface area (TPSA) is 33.2 Å². The highest BCUT2D eigenvalue weighted by molar-refractivity contribution is 7.09. The summed E-state index contributed by atoms with van der Waals surface area (Å²) in [5.74, 6) is 0.265. The Morgan fingerprint density at radius 2 is 2.32 bits per heavy atom. The standard InChI is InChI=1S/C18H22N2OS/c1-14-5-4-6-15(13-14)8-9-17(21)20-11-3-2-7-16(20)18-19-10-12-22-18/h4-6,10,12-13,16H,2-3,7-9,11H2,1H3/t16-/m0/s1. The van der Waals surface area contributed by atoms with Crippen molar-refractivity contribution in [3.05, 3.63) is 52.0 Å². The lowest BCUT2D eigenvalue weighted by atomic mass is 10.0. The molecule has 116 valence electrons. The van der Waals surface area contributed by atoms with Crippen LogP contribution in [0.15, 0.2) is 35.8 Å². The van der Waals surface area contributed by atoms with Crippen molar-refractivity contribution < 1.29 is 4.79 Å². The first-order valence-corrected chi connectivity index (χ1v) is 8.86. The molecule has 1 aromatic carbocycles. The van der Waals surface area contributed by atoms with Gasteiger partial charge in [0.15, 0.2) is 0 Å². The Morgan fingerprint density at radius 1 is 1.41 bits per heavy atom. The number of likely N-dealkylation sites (tertiary alicyclic amines) is 1. The lowest BCUT2D eigenvalue weighted by Gasteiger charge is -2.34. The van der Waals surface area contributed by atoms with Gasteiger partial charge in [0.2, 0.25) is 5.91 Å². The van der Waals surface area contributed by atoms with Crippen molar-refractivity contribution in [3.63, 3.8) is 0 Å². The third-order valence-corrected chi connectivity index (χ3v) is 5.15. The van der Waals surface area contributed by atoms with Gasteiger partial charge in [0, 0.05) is 24.5 Å². The Bertz CT molecular complexity index is 624. The molecule has 0 bridgehead atoms. The molecule has 1 aliphatic rings. The van der Waals surface area contributed by atoms with Crippen LogP contribution in [0.5, 0.6) is 0 Å². The molecule has 0 unspecified atom stereocenters. The first-order chi connectivity index (χ1) is 10.7. The van der Waals surface area contributed by atoms with Crippen molar-refractivity contribution >= 4 is 17.2 Å². The van der Waals surface area contributed by atoms with E-state index in [1.165, 1.54) is 17.5 Å². The summed E-state index contributed by atoms with van der Waals surface area (Å²) in [6, 6.07) is 8.62. The fraction of sp³-hybridized carbons (Fsp3) is 0.444. The Hall–Kier alpha value is -1.68. The number of rotatable bonds is 4. The number of thiazole rings is 1. The van der Waals surface area contributed by atoms with Gasteiger partial charge in [0.05, 0.1) is 6.04 Å². The summed E-state index contributed by atoms with van der Waals surface area (Å²) in [6.07, 6.45) is 6.59. The molecule has 1 aromatic heterocycles. The Kier molecular flexibility index (Phi) is 4.88. The van der Waals surface area contributed by atoms with Crippen LogP contribution >= 0.6 is 11.3 Å². The van der Waals surface area contributed by atoms with Gasteiger partial charge in [-0.3, -0.25) is 4.79 Å². The first-order valence-electron chi connectivity index (χ1n) is 7.98. The highest BCUT2D eigenvalue weighted by Crippen LogP contribution is 2.32. The molecule has 22 heavy (non-hydrogen) atoms. The van der Waals surface area contributed by atoms with Gasteiger partial charge < -0.3 is 4.90 Å². The minimum Gasteiger partial charge on any atom is -0.333 e. The largest absolute Gasteiger partial charge is 0.333 e. The first kappa shape index (κ1) is 15.2. The van der Waals surface area contributed by atoms with Gasteiger partial charge in [-0.2, -0.15) is 0 Å². The minimum absolute atomic E-state index is 0.193. The smallest absolute Gasteiger partial charge is 0.223 e. The van der Waals surface area contributed by atoms with Crippen LogP contribution in [0.25, 0.3) is 0 Å². The Morgan fingerprint density at radius 3 is 3.09 bits per heavy atom. The second-order valence-electron chi connectivity index (χ2n) is 5.96. The van der Waals surface area contributed by atoms with Crippen LogP contribution in [-0.2, 0) is 11.2 Å².